The van der Waals surface area contributed by atoms with E-state index >= 15 is 0 Å². The highest BCUT2D eigenvalue weighted by Gasteiger charge is 2.24. The molecule has 2 heterocycles. The first-order valence-electron chi connectivity index (χ1n) is 18.1. The largest absolute Gasteiger partial charge is 0.455 e. The molecular weight excluding hydrogens is 645 g/mol. The molecule has 0 aliphatic rings. The van der Waals surface area contributed by atoms with Crippen LogP contribution in [0.25, 0.3) is 82.1 Å². The van der Waals surface area contributed by atoms with Crippen LogP contribution in [0.5, 0.6) is 0 Å². The lowest BCUT2D eigenvalue weighted by Gasteiger charge is -2.27. The zero-order valence-electron chi connectivity index (χ0n) is 28.8. The van der Waals surface area contributed by atoms with Gasteiger partial charge in [0.2, 0.25) is 0 Å². The molecule has 0 bridgehead atoms. The number of benzene rings is 9. The second kappa shape index (κ2) is 11.7. The molecule has 0 spiro atoms. The van der Waals surface area contributed by atoms with Gasteiger partial charge in [-0.15, -0.1) is 0 Å². The van der Waals surface area contributed by atoms with Crippen molar-refractivity contribution in [2.45, 2.75) is 0 Å². The summed E-state index contributed by atoms with van der Waals surface area (Å²) in [6.07, 6.45) is 0. The van der Waals surface area contributed by atoms with Crippen LogP contribution >= 0.6 is 0 Å². The number of para-hydroxylation sites is 1. The van der Waals surface area contributed by atoms with Crippen LogP contribution in [0, 0.1) is 0 Å². The molecule has 248 valence electrons. The van der Waals surface area contributed by atoms with Gasteiger partial charge in [0.1, 0.15) is 11.2 Å². The highest BCUT2D eigenvalue weighted by atomic mass is 16.3. The molecule has 11 rings (SSSR count). The molecule has 3 heteroatoms. The van der Waals surface area contributed by atoms with Gasteiger partial charge < -0.3 is 13.9 Å². The summed E-state index contributed by atoms with van der Waals surface area (Å²) < 4.78 is 9.16. The second-order valence-corrected chi connectivity index (χ2v) is 13.7. The number of hydrogen-bond acceptors (Lipinski definition) is 2. The van der Waals surface area contributed by atoms with Crippen molar-refractivity contribution in [1.82, 2.24) is 4.57 Å². The van der Waals surface area contributed by atoms with Gasteiger partial charge in [0.05, 0.1) is 27.8 Å². The Hall–Kier alpha value is -7.10. The molecule has 0 saturated carbocycles. The Morgan fingerprint density at radius 1 is 0.396 bits per heavy atom. The van der Waals surface area contributed by atoms with Gasteiger partial charge in [-0.2, -0.15) is 0 Å². The summed E-state index contributed by atoms with van der Waals surface area (Å²) in [6.45, 7) is 0. The molecule has 9 aromatic carbocycles. The molecule has 0 aliphatic carbocycles. The monoisotopic (exact) mass is 676 g/mol. The van der Waals surface area contributed by atoms with Crippen LogP contribution in [0.1, 0.15) is 0 Å². The average Bonchev–Trinajstić information content (AvgIpc) is 3.77. The number of hydrogen-bond donors (Lipinski definition) is 0. The SMILES string of the molecule is c1ccc(-c2ccc(N(c3cccc4oc5c6ccccc6ccc5c34)c3cccc4c3c3cc5ccccc5cc3n4-c3ccccc3)cc2)cc1. The first-order chi connectivity index (χ1) is 26.3. The fraction of sp³-hybridized carbons (Fsp3) is 0. The third-order valence-corrected chi connectivity index (χ3v) is 10.7. The Morgan fingerprint density at radius 2 is 1.04 bits per heavy atom. The van der Waals surface area contributed by atoms with Crippen LogP contribution in [0.15, 0.2) is 199 Å². The maximum atomic E-state index is 6.74. The maximum Gasteiger partial charge on any atom is 0.143 e. The normalized spacial score (nSPS) is 11.8. The van der Waals surface area contributed by atoms with Crippen molar-refractivity contribution in [1.29, 1.82) is 0 Å². The van der Waals surface area contributed by atoms with E-state index in [9.17, 15) is 0 Å². The van der Waals surface area contributed by atoms with Crippen LogP contribution in [-0.4, -0.2) is 4.57 Å². The van der Waals surface area contributed by atoms with Crippen LogP contribution in [0.2, 0.25) is 0 Å². The molecule has 0 atom stereocenters. The summed E-state index contributed by atoms with van der Waals surface area (Å²) in [5, 5.41) is 9.32. The molecule has 0 radical (unpaired) electrons. The number of anilines is 3. The first kappa shape index (κ1) is 29.6. The predicted octanol–water partition coefficient (Wildman–Crippen LogP) is 14.1. The minimum atomic E-state index is 0.865. The van der Waals surface area contributed by atoms with Crippen molar-refractivity contribution in [3.63, 3.8) is 0 Å². The molecule has 0 N–H and O–H groups in total. The van der Waals surface area contributed by atoms with Crippen LogP contribution in [0.4, 0.5) is 17.1 Å². The number of rotatable bonds is 5. The van der Waals surface area contributed by atoms with Crippen LogP contribution in [0.3, 0.4) is 0 Å². The molecule has 53 heavy (non-hydrogen) atoms. The van der Waals surface area contributed by atoms with E-state index in [1.165, 1.54) is 43.6 Å². The van der Waals surface area contributed by atoms with Crippen molar-refractivity contribution < 1.29 is 4.42 Å². The van der Waals surface area contributed by atoms with E-state index in [-0.39, 0.29) is 0 Å². The molecule has 0 saturated heterocycles. The number of furan rings is 1. The summed E-state index contributed by atoms with van der Waals surface area (Å²) in [6, 6.07) is 69.7. The topological polar surface area (TPSA) is 21.3 Å². The minimum Gasteiger partial charge on any atom is -0.455 e. The number of aromatic nitrogens is 1. The summed E-state index contributed by atoms with van der Waals surface area (Å²) in [4.78, 5) is 2.44. The van der Waals surface area contributed by atoms with Gasteiger partial charge in [0, 0.05) is 32.9 Å². The summed E-state index contributed by atoms with van der Waals surface area (Å²) >= 11 is 0. The minimum absolute atomic E-state index is 0.865. The van der Waals surface area contributed by atoms with Crippen LogP contribution < -0.4 is 4.90 Å². The van der Waals surface area contributed by atoms with Gasteiger partial charge in [-0.05, 0) is 94.0 Å². The van der Waals surface area contributed by atoms with Crippen molar-refractivity contribution >= 4 is 82.4 Å². The highest BCUT2D eigenvalue weighted by Crippen LogP contribution is 2.48. The van der Waals surface area contributed by atoms with Crippen molar-refractivity contribution in [2.24, 2.45) is 0 Å². The number of fused-ring (bicyclic) bond motifs is 9. The predicted molar refractivity (Wildman–Crippen MR) is 223 cm³/mol. The lowest BCUT2D eigenvalue weighted by Crippen LogP contribution is -2.11. The van der Waals surface area contributed by atoms with E-state index in [0.717, 1.165) is 55.6 Å². The quantitative estimate of drug-likeness (QED) is 0.181. The highest BCUT2D eigenvalue weighted by molar-refractivity contribution is 6.23. The first-order valence-corrected chi connectivity index (χ1v) is 18.1. The molecule has 0 unspecified atom stereocenters. The summed E-state index contributed by atoms with van der Waals surface area (Å²) in [7, 11) is 0. The standard InChI is InChI=1S/C50H32N2O/c1-3-13-33(14-4-1)34-25-28-39(29-26-34)51(45-23-12-24-47-49(45)41-30-27-35-15-9-10-20-40(35)50(41)53-47)43-21-11-22-44-48(43)42-31-36-16-7-8-17-37(36)32-46(42)52(44)38-18-5-2-6-19-38/h1-32H. The number of nitrogens with zero attached hydrogens (tertiary/aromatic N) is 2. The van der Waals surface area contributed by atoms with Crippen molar-refractivity contribution in [3.05, 3.63) is 194 Å². The Morgan fingerprint density at radius 3 is 1.83 bits per heavy atom. The van der Waals surface area contributed by atoms with Gasteiger partial charge in [-0.1, -0.05) is 127 Å². The second-order valence-electron chi connectivity index (χ2n) is 13.7. The van der Waals surface area contributed by atoms with Crippen molar-refractivity contribution in [2.75, 3.05) is 4.90 Å². The van der Waals surface area contributed by atoms with E-state index in [4.69, 9.17) is 4.42 Å². The molecule has 2 aromatic heterocycles. The van der Waals surface area contributed by atoms with Crippen LogP contribution in [-0.2, 0) is 0 Å². The van der Waals surface area contributed by atoms with Gasteiger partial charge in [-0.25, -0.2) is 0 Å². The Labute approximate surface area is 306 Å². The Bertz CT molecular complexity index is 3160. The fourth-order valence-electron chi connectivity index (χ4n) is 8.34. The summed E-state index contributed by atoms with van der Waals surface area (Å²) in [5.74, 6) is 0. The van der Waals surface area contributed by atoms with Gasteiger partial charge in [0.15, 0.2) is 0 Å². The molecular formula is C50H32N2O. The lowest BCUT2D eigenvalue weighted by atomic mass is 10.0. The van der Waals surface area contributed by atoms with E-state index in [1.807, 2.05) is 0 Å². The molecule has 0 fully saturated rings. The summed E-state index contributed by atoms with van der Waals surface area (Å²) in [5.41, 5.74) is 10.9. The van der Waals surface area contributed by atoms with Gasteiger partial charge >= 0.3 is 0 Å². The zero-order valence-corrected chi connectivity index (χ0v) is 28.8. The Kier molecular flexibility index (Phi) is 6.55. The molecule has 0 aliphatic heterocycles. The third-order valence-electron chi connectivity index (χ3n) is 10.7. The van der Waals surface area contributed by atoms with Crippen molar-refractivity contribution in [3.8, 4) is 16.8 Å². The fourth-order valence-corrected chi connectivity index (χ4v) is 8.34. The molecule has 3 nitrogen and oxygen atoms in total. The smallest absolute Gasteiger partial charge is 0.143 e. The zero-order chi connectivity index (χ0) is 34.9. The van der Waals surface area contributed by atoms with E-state index < -0.39 is 0 Å². The maximum absolute atomic E-state index is 6.74. The van der Waals surface area contributed by atoms with E-state index in [2.05, 4.69) is 204 Å². The molecule has 0 amide bonds. The van der Waals surface area contributed by atoms with E-state index in [1.54, 1.807) is 0 Å². The third kappa shape index (κ3) is 4.61. The Balaban J connectivity index is 1.25. The van der Waals surface area contributed by atoms with Gasteiger partial charge in [-0.3, -0.25) is 0 Å². The molecule has 11 aromatic rings. The average molecular weight is 677 g/mol. The lowest BCUT2D eigenvalue weighted by molar-refractivity contribution is 0.672. The van der Waals surface area contributed by atoms with E-state index in [0.29, 0.717) is 0 Å². The van der Waals surface area contributed by atoms with Gasteiger partial charge in [0.25, 0.3) is 0 Å².